The van der Waals surface area contributed by atoms with Gasteiger partial charge in [-0.3, -0.25) is 0 Å². The summed E-state index contributed by atoms with van der Waals surface area (Å²) in [5.41, 5.74) is -5.65. The van der Waals surface area contributed by atoms with E-state index in [1.54, 1.807) is 12.1 Å². The normalized spacial score (nSPS) is 13.6. The Labute approximate surface area is 249 Å². The van der Waals surface area contributed by atoms with Crippen molar-refractivity contribution in [2.45, 2.75) is 15.3 Å². The molecule has 2 N–H and O–H groups in total. The van der Waals surface area contributed by atoms with Crippen molar-refractivity contribution in [3.63, 3.8) is 0 Å². The molecule has 0 unspecified atom stereocenters. The van der Waals surface area contributed by atoms with Gasteiger partial charge in [0.1, 0.15) is 36.5 Å². The Morgan fingerprint density at radius 2 is 0.837 bits per heavy atom. The summed E-state index contributed by atoms with van der Waals surface area (Å²) in [5.74, 6) is 0.740. The molecule has 0 radical (unpaired) electrons. The number of halogens is 9. The first-order valence-corrected chi connectivity index (χ1v) is 22.5. The van der Waals surface area contributed by atoms with Gasteiger partial charge in [-0.25, -0.2) is 8.42 Å². The molecule has 4 aromatic rings. The van der Waals surface area contributed by atoms with Gasteiger partial charge < -0.3 is 14.8 Å². The summed E-state index contributed by atoms with van der Waals surface area (Å²) in [5, 5.41) is 23.6. The zero-order valence-corrected chi connectivity index (χ0v) is 27.6. The molecule has 4 rings (SSSR count). The molecule has 43 heavy (non-hydrogen) atoms. The predicted molar refractivity (Wildman–Crippen MR) is 154 cm³/mol. The minimum absolute atomic E-state index is 0.227. The third-order valence-corrected chi connectivity index (χ3v) is 7.92. The Morgan fingerprint density at radius 3 is 1.05 bits per heavy atom. The molecule has 5 nitrogen and oxygen atoms in total. The van der Waals surface area contributed by atoms with Gasteiger partial charge in [-0.05, 0) is 36.4 Å². The Balaban J connectivity index is 0.000000301. The predicted octanol–water partition coefficient (Wildman–Crippen LogP) is 7.76. The maximum absolute atomic E-state index is 11.2. The van der Waals surface area contributed by atoms with Crippen molar-refractivity contribution < 1.29 is 53.2 Å². The van der Waals surface area contributed by atoms with Crippen LogP contribution in [-0.2, 0) is 31.9 Å². The standard InChI is InChI=1S/2C12H12OS.CHF3O3S.6FH.Sb/c2*1-14(2)12-8-7-11(13)9-5-3-4-6-10(9)12;2-1(3,4)8(5,6)7;;;;;;;/h2*3-8H,1-2H3;(H,5,6,7);6*1H;/q;;;;;;;;;+5/p-5. The summed E-state index contributed by atoms with van der Waals surface area (Å²) in [6, 6.07) is 23.6. The van der Waals surface area contributed by atoms with E-state index in [0.29, 0.717) is 11.5 Å². The monoisotopic (exact) mass is 794 g/mol. The van der Waals surface area contributed by atoms with E-state index in [4.69, 9.17) is 13.0 Å². The molecule has 0 atom stereocenters. The van der Waals surface area contributed by atoms with Crippen molar-refractivity contribution in [3.05, 3.63) is 72.8 Å². The van der Waals surface area contributed by atoms with E-state index in [0.717, 1.165) is 10.8 Å². The molecule has 242 valence electrons. The van der Waals surface area contributed by atoms with Crippen LogP contribution in [0.2, 0.25) is 0 Å². The van der Waals surface area contributed by atoms with Gasteiger partial charge in [0.15, 0.2) is 19.9 Å². The first kappa shape index (κ1) is 38.8. The number of benzene rings is 4. The topological polar surface area (TPSA) is 97.7 Å². The summed E-state index contributed by atoms with van der Waals surface area (Å²) in [6.45, 7) is 0. The molecule has 0 aliphatic rings. The van der Waals surface area contributed by atoms with Crippen LogP contribution in [0.15, 0.2) is 82.6 Å². The Morgan fingerprint density at radius 1 is 0.605 bits per heavy atom. The SMILES string of the molecule is C[S+](C)c1ccc(O)c2ccccc12.C[S+](C)c1ccc(O)c2ccccc12.O=S(=O)([O-])C(F)(F)F.[F][Sb-]([F])([F])([F])([F])[F]. The third-order valence-electron chi connectivity index (χ3n) is 4.89. The fourth-order valence-corrected chi connectivity index (χ4v) is 5.14. The van der Waals surface area contributed by atoms with E-state index >= 15 is 0 Å². The molecular formula is C25H26F9O5S3Sb. The van der Waals surface area contributed by atoms with Crippen LogP contribution in [0.1, 0.15) is 0 Å². The molecule has 0 aliphatic carbocycles. The van der Waals surface area contributed by atoms with Crippen LogP contribution in [-0.4, -0.2) is 73.2 Å². The van der Waals surface area contributed by atoms with Crippen molar-refractivity contribution in [2.75, 3.05) is 25.0 Å². The zero-order valence-electron chi connectivity index (χ0n) is 22.6. The van der Waals surface area contributed by atoms with Crippen molar-refractivity contribution >= 4 is 72.9 Å². The number of alkyl halides is 3. The van der Waals surface area contributed by atoms with Gasteiger partial charge in [0.05, 0.1) is 0 Å². The van der Waals surface area contributed by atoms with E-state index < -0.39 is 35.1 Å². The Bertz CT molecular complexity index is 1560. The van der Waals surface area contributed by atoms with Gasteiger partial charge in [-0.2, -0.15) is 13.2 Å². The molecule has 0 bridgehead atoms. The second kappa shape index (κ2) is 13.4. The molecule has 0 aliphatic heterocycles. The average molecular weight is 795 g/mol. The number of rotatable bonds is 2. The molecule has 0 saturated heterocycles. The summed E-state index contributed by atoms with van der Waals surface area (Å²) in [4.78, 5) is 2.64. The van der Waals surface area contributed by atoms with Crippen molar-refractivity contribution in [1.29, 1.82) is 0 Å². The van der Waals surface area contributed by atoms with E-state index in [1.807, 2.05) is 48.5 Å². The average Bonchev–Trinajstić information content (AvgIpc) is 2.82. The Hall–Kier alpha value is -2.20. The molecular weight excluding hydrogens is 769 g/mol. The van der Waals surface area contributed by atoms with Crippen molar-refractivity contribution in [3.8, 4) is 11.5 Å². The van der Waals surface area contributed by atoms with Crippen LogP contribution >= 0.6 is 0 Å². The first-order chi connectivity index (χ1) is 19.1. The number of hydrogen-bond donors (Lipinski definition) is 2. The van der Waals surface area contributed by atoms with Gasteiger partial charge in [0.2, 0.25) is 0 Å². The molecule has 0 fully saturated rings. The number of hydrogen-bond acceptors (Lipinski definition) is 5. The van der Waals surface area contributed by atoms with E-state index in [9.17, 15) is 40.3 Å². The molecule has 4 aromatic carbocycles. The van der Waals surface area contributed by atoms with Crippen LogP contribution in [0.5, 0.6) is 11.5 Å². The van der Waals surface area contributed by atoms with E-state index in [1.165, 1.54) is 20.6 Å². The summed E-state index contributed by atoms with van der Waals surface area (Å²) < 4.78 is 118. The molecule has 0 heterocycles. The maximum atomic E-state index is 10.7. The fraction of sp³-hybridized carbons (Fsp3) is 0.200. The summed E-state index contributed by atoms with van der Waals surface area (Å²) in [6.07, 6.45) is 8.77. The molecule has 0 spiro atoms. The van der Waals surface area contributed by atoms with Gasteiger partial charge in [-0.1, -0.05) is 36.4 Å². The van der Waals surface area contributed by atoms with Crippen molar-refractivity contribution in [2.24, 2.45) is 0 Å². The number of fused-ring (bicyclic) bond motifs is 2. The summed E-state index contributed by atoms with van der Waals surface area (Å²) in [7, 11) is -5.64. The van der Waals surface area contributed by atoms with E-state index in [-0.39, 0.29) is 21.8 Å². The number of phenolic OH excluding ortho intramolecular Hbond substituents is 2. The second-order valence-corrected chi connectivity index (χ2v) is 19.7. The number of phenols is 2. The van der Waals surface area contributed by atoms with Gasteiger partial charge in [0.25, 0.3) is 0 Å². The first-order valence-electron chi connectivity index (χ1n) is 11.2. The van der Waals surface area contributed by atoms with Crippen molar-refractivity contribution in [1.82, 2.24) is 0 Å². The second-order valence-electron chi connectivity index (χ2n) is 8.75. The van der Waals surface area contributed by atoms with Crippen LogP contribution in [0, 0.1) is 0 Å². The van der Waals surface area contributed by atoms with Crippen LogP contribution in [0.3, 0.4) is 0 Å². The quantitative estimate of drug-likeness (QED) is 0.0712. The fourth-order valence-electron chi connectivity index (χ4n) is 3.22. The molecule has 0 saturated carbocycles. The van der Waals surface area contributed by atoms with Gasteiger partial charge >= 0.3 is 41.9 Å². The Kier molecular flexibility index (Phi) is 12.1. The van der Waals surface area contributed by atoms with Crippen LogP contribution in [0.4, 0.5) is 30.0 Å². The molecule has 18 heteroatoms. The third kappa shape index (κ3) is 14.4. The van der Waals surface area contributed by atoms with Gasteiger partial charge in [0, 0.05) is 43.3 Å². The van der Waals surface area contributed by atoms with Crippen LogP contribution in [0.25, 0.3) is 21.5 Å². The summed E-state index contributed by atoms with van der Waals surface area (Å²) >= 11 is -11.2. The zero-order chi connectivity index (χ0) is 33.7. The molecule has 0 amide bonds. The van der Waals surface area contributed by atoms with Crippen LogP contribution < -0.4 is 0 Å². The van der Waals surface area contributed by atoms with E-state index in [2.05, 4.69) is 37.2 Å². The van der Waals surface area contributed by atoms with Gasteiger partial charge in [-0.15, -0.1) is 0 Å². The molecule has 0 aromatic heterocycles. The number of aromatic hydroxyl groups is 2. The minimum atomic E-state index is -11.2.